The van der Waals surface area contributed by atoms with Crippen molar-refractivity contribution in [1.29, 1.82) is 0 Å². The molecule has 1 aromatic heterocycles. The maximum Gasteiger partial charge on any atom is 0.316 e. The van der Waals surface area contributed by atoms with Gasteiger partial charge in [-0.25, -0.2) is 22.8 Å². The molecule has 1 fully saturated rings. The fourth-order valence-electron chi connectivity index (χ4n) is 2.18. The molecule has 0 aliphatic carbocycles. The van der Waals surface area contributed by atoms with Gasteiger partial charge in [0.05, 0.1) is 31.7 Å². The number of hydrogen-bond acceptors (Lipinski definition) is 6. The highest BCUT2D eigenvalue weighted by Gasteiger charge is 2.27. The zero-order valence-electron chi connectivity index (χ0n) is 13.0. The molecule has 1 aliphatic rings. The van der Waals surface area contributed by atoms with Gasteiger partial charge in [-0.1, -0.05) is 0 Å². The third-order valence-corrected chi connectivity index (χ3v) is 4.79. The molecule has 2 rings (SSSR count). The van der Waals surface area contributed by atoms with Gasteiger partial charge in [-0.2, -0.15) is 4.31 Å². The second-order valence-electron chi connectivity index (χ2n) is 5.42. The van der Waals surface area contributed by atoms with Crippen molar-refractivity contribution in [2.24, 2.45) is 0 Å². The van der Waals surface area contributed by atoms with Crippen LogP contribution < -0.4 is 4.74 Å². The van der Waals surface area contributed by atoms with Crippen molar-refractivity contribution < 1.29 is 22.3 Å². The molecule has 1 aromatic rings. The van der Waals surface area contributed by atoms with E-state index in [2.05, 4.69) is 9.97 Å². The van der Waals surface area contributed by atoms with E-state index in [-0.39, 0.29) is 24.6 Å². The number of piperidine rings is 1. The standard InChI is InChI=1S/C13H19FN4O4S/c1-17(23(2,20)21)9-12(19)18-5-3-4-11(8-18)22-13-15-6-10(14)7-16-13/h6-7,11H,3-5,8-9H2,1-2H3/t11-/m1/s1. The van der Waals surface area contributed by atoms with E-state index in [1.807, 2.05) is 0 Å². The smallest absolute Gasteiger partial charge is 0.316 e. The largest absolute Gasteiger partial charge is 0.458 e. The minimum Gasteiger partial charge on any atom is -0.458 e. The Morgan fingerprint density at radius 1 is 1.48 bits per heavy atom. The first-order valence-corrected chi connectivity index (χ1v) is 8.94. The molecule has 0 saturated carbocycles. The molecular formula is C13H19FN4O4S. The number of ether oxygens (including phenoxy) is 1. The number of rotatable bonds is 5. The lowest BCUT2D eigenvalue weighted by Gasteiger charge is -2.33. The number of hydrogen-bond donors (Lipinski definition) is 0. The van der Waals surface area contributed by atoms with Gasteiger partial charge in [0.15, 0.2) is 5.82 Å². The lowest BCUT2D eigenvalue weighted by Crippen LogP contribution is -2.48. The molecule has 0 aromatic carbocycles. The van der Waals surface area contributed by atoms with Crippen molar-refractivity contribution in [3.63, 3.8) is 0 Å². The number of carbonyl (C=O) groups excluding carboxylic acids is 1. The zero-order chi connectivity index (χ0) is 17.0. The summed E-state index contributed by atoms with van der Waals surface area (Å²) < 4.78 is 42.0. The molecule has 1 saturated heterocycles. The predicted molar refractivity (Wildman–Crippen MR) is 79.7 cm³/mol. The molecule has 10 heteroatoms. The molecule has 1 atom stereocenters. The normalized spacial score (nSPS) is 19.0. The molecule has 0 spiro atoms. The zero-order valence-corrected chi connectivity index (χ0v) is 13.8. The topological polar surface area (TPSA) is 92.7 Å². The minimum atomic E-state index is -3.40. The van der Waals surface area contributed by atoms with E-state index in [4.69, 9.17) is 4.74 Å². The molecule has 1 amide bonds. The van der Waals surface area contributed by atoms with Gasteiger partial charge in [0.1, 0.15) is 6.10 Å². The fourth-order valence-corrected chi connectivity index (χ4v) is 2.52. The van der Waals surface area contributed by atoms with Gasteiger partial charge in [0.2, 0.25) is 15.9 Å². The molecule has 2 heterocycles. The van der Waals surface area contributed by atoms with Crippen LogP contribution in [0.3, 0.4) is 0 Å². The van der Waals surface area contributed by atoms with Crippen molar-refractivity contribution in [1.82, 2.24) is 19.2 Å². The third kappa shape index (κ3) is 5.10. The molecule has 8 nitrogen and oxygen atoms in total. The Bertz CT molecular complexity index is 652. The quantitative estimate of drug-likeness (QED) is 0.738. The van der Waals surface area contributed by atoms with Crippen LogP contribution in [0.1, 0.15) is 12.8 Å². The average molecular weight is 346 g/mol. The monoisotopic (exact) mass is 346 g/mol. The number of sulfonamides is 1. The van der Waals surface area contributed by atoms with Gasteiger partial charge in [-0.15, -0.1) is 0 Å². The summed E-state index contributed by atoms with van der Waals surface area (Å²) >= 11 is 0. The first-order valence-electron chi connectivity index (χ1n) is 7.09. The van der Waals surface area contributed by atoms with E-state index in [0.717, 1.165) is 29.4 Å². The van der Waals surface area contributed by atoms with Crippen LogP contribution in [0.2, 0.25) is 0 Å². The van der Waals surface area contributed by atoms with Gasteiger partial charge in [-0.3, -0.25) is 4.79 Å². The van der Waals surface area contributed by atoms with E-state index in [1.165, 1.54) is 7.05 Å². The second kappa shape index (κ2) is 7.18. The Labute approximate surface area is 134 Å². The molecule has 0 unspecified atom stereocenters. The summed E-state index contributed by atoms with van der Waals surface area (Å²) in [6.45, 7) is 0.649. The highest BCUT2D eigenvalue weighted by molar-refractivity contribution is 7.88. The molecule has 0 N–H and O–H groups in total. The minimum absolute atomic E-state index is 0.0546. The van der Waals surface area contributed by atoms with E-state index >= 15 is 0 Å². The van der Waals surface area contributed by atoms with Crippen LogP contribution >= 0.6 is 0 Å². The van der Waals surface area contributed by atoms with Crippen LogP contribution in [-0.4, -0.2) is 72.5 Å². The Morgan fingerprint density at radius 3 is 2.74 bits per heavy atom. The van der Waals surface area contributed by atoms with E-state index < -0.39 is 15.8 Å². The Morgan fingerprint density at radius 2 is 2.13 bits per heavy atom. The molecule has 128 valence electrons. The summed E-state index contributed by atoms with van der Waals surface area (Å²) in [5, 5.41) is 0. The number of carbonyl (C=O) groups is 1. The van der Waals surface area contributed by atoms with Crippen LogP contribution in [0.4, 0.5) is 4.39 Å². The molecular weight excluding hydrogens is 327 g/mol. The predicted octanol–water partition coefficient (Wildman–Crippen LogP) is -0.123. The number of likely N-dealkylation sites (N-methyl/N-ethyl adjacent to an activating group) is 1. The summed E-state index contributed by atoms with van der Waals surface area (Å²) in [5.74, 6) is -0.840. The lowest BCUT2D eigenvalue weighted by molar-refractivity contribution is -0.133. The lowest BCUT2D eigenvalue weighted by atomic mass is 10.1. The van der Waals surface area contributed by atoms with Gasteiger partial charge >= 0.3 is 6.01 Å². The van der Waals surface area contributed by atoms with Crippen molar-refractivity contribution in [3.8, 4) is 6.01 Å². The highest BCUT2D eigenvalue weighted by Crippen LogP contribution is 2.15. The van der Waals surface area contributed by atoms with Crippen LogP contribution in [0.15, 0.2) is 12.4 Å². The molecule has 1 aliphatic heterocycles. The van der Waals surface area contributed by atoms with Crippen molar-refractivity contribution in [3.05, 3.63) is 18.2 Å². The number of halogens is 1. The maximum absolute atomic E-state index is 12.8. The first-order chi connectivity index (χ1) is 10.8. The van der Waals surface area contributed by atoms with Crippen molar-refractivity contribution in [2.45, 2.75) is 18.9 Å². The Balaban J connectivity index is 1.92. The van der Waals surface area contributed by atoms with Crippen LogP contribution in [-0.2, 0) is 14.8 Å². The fraction of sp³-hybridized carbons (Fsp3) is 0.615. The molecule has 0 bridgehead atoms. The van der Waals surface area contributed by atoms with Gasteiger partial charge in [0.25, 0.3) is 0 Å². The van der Waals surface area contributed by atoms with Crippen molar-refractivity contribution >= 4 is 15.9 Å². The summed E-state index contributed by atoms with van der Waals surface area (Å²) in [7, 11) is -2.04. The maximum atomic E-state index is 12.8. The Hall–Kier alpha value is -1.81. The summed E-state index contributed by atoms with van der Waals surface area (Å²) in [6, 6.07) is 0.0546. The van der Waals surface area contributed by atoms with E-state index in [1.54, 1.807) is 4.90 Å². The highest BCUT2D eigenvalue weighted by atomic mass is 32.2. The van der Waals surface area contributed by atoms with Gasteiger partial charge in [-0.05, 0) is 12.8 Å². The number of amides is 1. The number of likely N-dealkylation sites (tertiary alicyclic amines) is 1. The van der Waals surface area contributed by atoms with E-state index in [0.29, 0.717) is 19.5 Å². The van der Waals surface area contributed by atoms with Gasteiger partial charge < -0.3 is 9.64 Å². The summed E-state index contributed by atoms with van der Waals surface area (Å²) in [5.41, 5.74) is 0. The van der Waals surface area contributed by atoms with E-state index in [9.17, 15) is 17.6 Å². The van der Waals surface area contributed by atoms with Crippen LogP contribution in [0, 0.1) is 5.82 Å². The summed E-state index contributed by atoms with van der Waals surface area (Å²) in [4.78, 5) is 21.2. The SMILES string of the molecule is CN(CC(=O)N1CCC[C@@H](Oc2ncc(F)cn2)C1)S(C)(=O)=O. The number of nitrogens with zero attached hydrogens (tertiary/aromatic N) is 4. The van der Waals surface area contributed by atoms with Gasteiger partial charge in [0, 0.05) is 13.6 Å². The second-order valence-corrected chi connectivity index (χ2v) is 7.51. The number of aromatic nitrogens is 2. The average Bonchev–Trinajstić information content (AvgIpc) is 2.49. The molecule has 23 heavy (non-hydrogen) atoms. The first kappa shape index (κ1) is 17.5. The summed E-state index contributed by atoms with van der Waals surface area (Å²) in [6.07, 6.45) is 4.20. The third-order valence-electron chi connectivity index (χ3n) is 3.52. The van der Waals surface area contributed by atoms with Crippen LogP contribution in [0.5, 0.6) is 6.01 Å². The molecule has 0 radical (unpaired) electrons. The Kier molecular flexibility index (Phi) is 5.47. The van der Waals surface area contributed by atoms with Crippen LogP contribution in [0.25, 0.3) is 0 Å². The van der Waals surface area contributed by atoms with Crippen molar-refractivity contribution in [2.75, 3.05) is 32.9 Å².